The van der Waals surface area contributed by atoms with E-state index in [4.69, 9.17) is 0 Å². The van der Waals surface area contributed by atoms with Crippen LogP contribution in [-0.2, 0) is 0 Å². The molecule has 0 heterocycles. The zero-order chi connectivity index (χ0) is 7.78. The van der Waals surface area contributed by atoms with Gasteiger partial charge < -0.3 is 0 Å². The fourth-order valence-corrected chi connectivity index (χ4v) is 2.28. The Hall–Kier alpha value is 0.519. The fraction of sp³-hybridized carbons (Fsp3) is 1.00. The van der Waals surface area contributed by atoms with Crippen molar-refractivity contribution < 1.29 is 0 Å². The Morgan fingerprint density at radius 2 is 1.60 bits per heavy atom. The van der Waals surface area contributed by atoms with E-state index in [-0.39, 0.29) is 0 Å². The fourth-order valence-electron chi connectivity index (χ4n) is 1.79. The van der Waals surface area contributed by atoms with Crippen molar-refractivity contribution in [1.29, 1.82) is 0 Å². The van der Waals surface area contributed by atoms with Crippen molar-refractivity contribution in [3.63, 3.8) is 0 Å². The van der Waals surface area contributed by atoms with Gasteiger partial charge in [0, 0.05) is 0 Å². The molecule has 1 aliphatic carbocycles. The third-order valence-corrected chi connectivity index (χ3v) is 4.92. The van der Waals surface area contributed by atoms with Gasteiger partial charge in [-0.3, -0.25) is 0 Å². The van der Waals surface area contributed by atoms with E-state index >= 15 is 0 Å². The first-order valence-electron chi connectivity index (χ1n) is 4.25. The van der Waals surface area contributed by atoms with Crippen molar-refractivity contribution >= 4 is 16.0 Å². The standard InChI is InChI=1S/C9H17Se/c1-7-5-4-6-8(2)9(7,3)10/h7-8H,4-6H2,1-3H3. The van der Waals surface area contributed by atoms with E-state index in [1.54, 1.807) is 0 Å². The van der Waals surface area contributed by atoms with Crippen molar-refractivity contribution in [2.75, 3.05) is 0 Å². The second-order valence-electron chi connectivity index (χ2n) is 3.92. The average Bonchev–Trinajstić information content (AvgIpc) is 1.84. The molecule has 0 aromatic rings. The molecule has 0 aliphatic heterocycles. The molecule has 0 amide bonds. The van der Waals surface area contributed by atoms with Crippen LogP contribution < -0.4 is 0 Å². The molecule has 2 unspecified atom stereocenters. The van der Waals surface area contributed by atoms with E-state index in [9.17, 15) is 0 Å². The molecule has 1 aliphatic rings. The molecule has 0 bridgehead atoms. The first kappa shape index (κ1) is 8.61. The first-order chi connectivity index (χ1) is 4.55. The molecule has 1 fully saturated rings. The van der Waals surface area contributed by atoms with Crippen LogP contribution in [0.2, 0.25) is 4.31 Å². The van der Waals surface area contributed by atoms with Gasteiger partial charge in [-0.05, 0) is 0 Å². The minimum absolute atomic E-state index is 0.470. The van der Waals surface area contributed by atoms with Crippen LogP contribution in [0.25, 0.3) is 0 Å². The van der Waals surface area contributed by atoms with Gasteiger partial charge in [-0.2, -0.15) is 0 Å². The number of rotatable bonds is 0. The van der Waals surface area contributed by atoms with E-state index in [1.807, 2.05) is 0 Å². The molecule has 0 N–H and O–H groups in total. The summed E-state index contributed by atoms with van der Waals surface area (Å²) in [5.74, 6) is 1.74. The van der Waals surface area contributed by atoms with Gasteiger partial charge in [-0.25, -0.2) is 0 Å². The van der Waals surface area contributed by atoms with Gasteiger partial charge in [0.05, 0.1) is 0 Å². The summed E-state index contributed by atoms with van der Waals surface area (Å²) in [6.45, 7) is 7.10. The predicted octanol–water partition coefficient (Wildman–Crippen LogP) is 2.79. The van der Waals surface area contributed by atoms with E-state index in [0.717, 1.165) is 11.8 Å². The zero-order valence-corrected chi connectivity index (χ0v) is 8.90. The van der Waals surface area contributed by atoms with Gasteiger partial charge >= 0.3 is 72.2 Å². The van der Waals surface area contributed by atoms with Crippen LogP contribution in [-0.4, -0.2) is 16.0 Å². The molecule has 0 spiro atoms. The number of hydrogen-bond donors (Lipinski definition) is 0. The molecule has 59 valence electrons. The summed E-state index contributed by atoms with van der Waals surface area (Å²) >= 11 is 3.35. The van der Waals surface area contributed by atoms with Crippen LogP contribution in [0.4, 0.5) is 0 Å². The molecule has 0 aromatic carbocycles. The molecular formula is C9H17Se. The maximum absolute atomic E-state index is 3.35. The minimum atomic E-state index is 0.470. The second-order valence-corrected chi connectivity index (χ2v) is 5.76. The molecule has 1 saturated carbocycles. The van der Waals surface area contributed by atoms with Crippen LogP contribution in [0, 0.1) is 11.8 Å². The molecule has 1 radical (unpaired) electrons. The first-order valence-corrected chi connectivity index (χ1v) is 5.11. The van der Waals surface area contributed by atoms with Gasteiger partial charge in [0.15, 0.2) is 0 Å². The summed E-state index contributed by atoms with van der Waals surface area (Å²) in [5, 5.41) is 0. The maximum atomic E-state index is 3.35. The third kappa shape index (κ3) is 1.40. The van der Waals surface area contributed by atoms with Crippen molar-refractivity contribution in [2.45, 2.75) is 44.3 Å². The monoisotopic (exact) mass is 205 g/mol. The third-order valence-electron chi connectivity index (χ3n) is 3.23. The Bertz CT molecular complexity index is 106. The molecule has 1 heteroatoms. The van der Waals surface area contributed by atoms with E-state index in [2.05, 4.69) is 36.8 Å². The van der Waals surface area contributed by atoms with E-state index < -0.39 is 0 Å². The Kier molecular flexibility index (Phi) is 2.47. The predicted molar refractivity (Wildman–Crippen MR) is 46.3 cm³/mol. The Morgan fingerprint density at radius 3 is 1.90 bits per heavy atom. The Labute approximate surface area is 72.6 Å². The van der Waals surface area contributed by atoms with Gasteiger partial charge in [-0.1, -0.05) is 0 Å². The molecule has 0 aromatic heterocycles. The van der Waals surface area contributed by atoms with Crippen LogP contribution in [0.15, 0.2) is 0 Å². The van der Waals surface area contributed by atoms with Crippen LogP contribution >= 0.6 is 0 Å². The molecule has 0 nitrogen and oxygen atoms in total. The van der Waals surface area contributed by atoms with E-state index in [1.165, 1.54) is 19.3 Å². The van der Waals surface area contributed by atoms with Crippen molar-refractivity contribution in [1.82, 2.24) is 0 Å². The normalized spacial score (nSPS) is 49.2. The van der Waals surface area contributed by atoms with Gasteiger partial charge in [0.2, 0.25) is 0 Å². The molecular weight excluding hydrogens is 187 g/mol. The van der Waals surface area contributed by atoms with E-state index in [0.29, 0.717) is 4.31 Å². The molecule has 10 heavy (non-hydrogen) atoms. The summed E-state index contributed by atoms with van der Waals surface area (Å²) in [7, 11) is 0. The average molecular weight is 204 g/mol. The van der Waals surface area contributed by atoms with Crippen molar-refractivity contribution in [3.8, 4) is 0 Å². The summed E-state index contributed by atoms with van der Waals surface area (Å²) in [6.07, 6.45) is 4.25. The van der Waals surface area contributed by atoms with Crippen LogP contribution in [0.3, 0.4) is 0 Å². The molecule has 1 rings (SSSR count). The second kappa shape index (κ2) is 2.87. The topological polar surface area (TPSA) is 0 Å². The summed E-state index contributed by atoms with van der Waals surface area (Å²) in [6, 6.07) is 0. The molecule has 0 saturated heterocycles. The van der Waals surface area contributed by atoms with Crippen LogP contribution in [0.1, 0.15) is 40.0 Å². The van der Waals surface area contributed by atoms with Gasteiger partial charge in [-0.15, -0.1) is 0 Å². The zero-order valence-electron chi connectivity index (χ0n) is 7.18. The summed E-state index contributed by atoms with van der Waals surface area (Å²) in [5.41, 5.74) is 0. The van der Waals surface area contributed by atoms with Crippen LogP contribution in [0.5, 0.6) is 0 Å². The van der Waals surface area contributed by atoms with Gasteiger partial charge in [0.1, 0.15) is 0 Å². The number of hydrogen-bond acceptors (Lipinski definition) is 0. The Balaban J connectivity index is 2.63. The summed E-state index contributed by atoms with van der Waals surface area (Å²) in [4.78, 5) is 0. The SMILES string of the molecule is CC1CCCC(C)C1(C)[Se]. The quantitative estimate of drug-likeness (QED) is 0.532. The molecule has 2 atom stereocenters. The van der Waals surface area contributed by atoms with Crippen molar-refractivity contribution in [3.05, 3.63) is 0 Å². The summed E-state index contributed by atoms with van der Waals surface area (Å²) < 4.78 is 0.470. The van der Waals surface area contributed by atoms with Crippen molar-refractivity contribution in [2.24, 2.45) is 11.8 Å². The van der Waals surface area contributed by atoms with Gasteiger partial charge in [0.25, 0.3) is 0 Å². The Morgan fingerprint density at radius 1 is 1.20 bits per heavy atom.